The summed E-state index contributed by atoms with van der Waals surface area (Å²) in [5.41, 5.74) is 1.35. The highest BCUT2D eigenvalue weighted by Crippen LogP contribution is 2.35. The molecule has 0 aliphatic carbocycles. The monoisotopic (exact) mass is 324 g/mol. The number of rotatable bonds is 2. The maximum absolute atomic E-state index is 4.65. The highest BCUT2D eigenvalue weighted by Gasteiger charge is 2.29. The van der Waals surface area contributed by atoms with E-state index in [1.54, 1.807) is 17.7 Å². The predicted octanol–water partition coefficient (Wildman–Crippen LogP) is 3.49. The summed E-state index contributed by atoms with van der Waals surface area (Å²) in [6, 6.07) is 13.3. The Kier molecular flexibility index (Phi) is 3.75. The smallest absolute Gasteiger partial charge is 0.141 e. The van der Waals surface area contributed by atoms with Gasteiger partial charge in [0.25, 0.3) is 0 Å². The molecule has 0 spiro atoms. The Morgan fingerprint density at radius 3 is 2.78 bits per heavy atom. The first-order valence-corrected chi connectivity index (χ1v) is 8.75. The van der Waals surface area contributed by atoms with Crippen molar-refractivity contribution in [2.45, 2.75) is 13.0 Å². The summed E-state index contributed by atoms with van der Waals surface area (Å²) in [5.74, 6) is 1.07. The molecule has 1 unspecified atom stereocenters. The number of nitrogens with zero attached hydrogens (tertiary/aromatic N) is 4. The van der Waals surface area contributed by atoms with E-state index in [2.05, 4.69) is 70.1 Å². The largest absolute Gasteiger partial charge is 0.346 e. The van der Waals surface area contributed by atoms with Gasteiger partial charge in [0.15, 0.2) is 0 Å². The normalized spacial score (nSPS) is 19.4. The van der Waals surface area contributed by atoms with Crippen LogP contribution in [0.2, 0.25) is 0 Å². The maximum atomic E-state index is 4.65. The molecule has 3 aromatic rings. The quantitative estimate of drug-likeness (QED) is 0.722. The van der Waals surface area contributed by atoms with Crippen LogP contribution in [-0.4, -0.2) is 41.5 Å². The van der Waals surface area contributed by atoms with Gasteiger partial charge in [0.05, 0.1) is 11.4 Å². The van der Waals surface area contributed by atoms with Crippen molar-refractivity contribution in [3.8, 4) is 0 Å². The Hall–Kier alpha value is -1.98. The van der Waals surface area contributed by atoms with Crippen LogP contribution in [0.3, 0.4) is 0 Å². The predicted molar refractivity (Wildman–Crippen MR) is 96.2 cm³/mol. The average Bonchev–Trinajstić information content (AvgIpc) is 2.96. The minimum absolute atomic E-state index is 0.327. The molecule has 0 saturated carbocycles. The molecule has 0 N–H and O–H groups in total. The van der Waals surface area contributed by atoms with Crippen LogP contribution in [0.25, 0.3) is 10.2 Å². The molecule has 2 aromatic heterocycles. The van der Waals surface area contributed by atoms with Gasteiger partial charge < -0.3 is 9.80 Å². The first-order valence-electron chi connectivity index (χ1n) is 7.93. The third kappa shape index (κ3) is 2.71. The fourth-order valence-corrected chi connectivity index (χ4v) is 4.17. The van der Waals surface area contributed by atoms with Crippen LogP contribution in [0.15, 0.2) is 42.7 Å². The molecule has 0 bridgehead atoms. The summed E-state index contributed by atoms with van der Waals surface area (Å²) in [4.78, 5) is 16.3. The van der Waals surface area contributed by atoms with Crippen molar-refractivity contribution >= 4 is 27.4 Å². The van der Waals surface area contributed by atoms with Gasteiger partial charge in [0.1, 0.15) is 17.0 Å². The summed E-state index contributed by atoms with van der Waals surface area (Å²) >= 11 is 1.74. The van der Waals surface area contributed by atoms with E-state index in [1.165, 1.54) is 15.8 Å². The molecule has 1 aromatic carbocycles. The molecule has 1 fully saturated rings. The molecular weight excluding hydrogens is 304 g/mol. The van der Waals surface area contributed by atoms with Crippen molar-refractivity contribution in [2.24, 2.45) is 0 Å². The second-order valence-corrected chi connectivity index (χ2v) is 7.39. The fraction of sp³-hybridized carbons (Fsp3) is 0.333. The summed E-state index contributed by atoms with van der Waals surface area (Å²) in [6.07, 6.45) is 1.70. The van der Waals surface area contributed by atoms with Gasteiger partial charge in [-0.1, -0.05) is 30.3 Å². The van der Waals surface area contributed by atoms with Crippen LogP contribution in [0.4, 0.5) is 5.82 Å². The number of aromatic nitrogens is 2. The van der Waals surface area contributed by atoms with E-state index in [9.17, 15) is 0 Å². The molecule has 118 valence electrons. The standard InChI is InChI=1S/C18H20N4S/c1-13-10-15-17(19-12-20-18(15)23-13)22-9-8-21(2)11-16(22)14-6-4-3-5-7-14/h3-7,10,12,16H,8-9,11H2,1-2H3. The zero-order valence-corrected chi connectivity index (χ0v) is 14.3. The number of piperazine rings is 1. The highest BCUT2D eigenvalue weighted by molar-refractivity contribution is 7.18. The summed E-state index contributed by atoms with van der Waals surface area (Å²) in [6.45, 7) is 5.18. The van der Waals surface area contributed by atoms with Crippen molar-refractivity contribution in [3.05, 3.63) is 53.2 Å². The van der Waals surface area contributed by atoms with E-state index in [0.717, 1.165) is 30.3 Å². The molecule has 4 nitrogen and oxygen atoms in total. The van der Waals surface area contributed by atoms with E-state index < -0.39 is 0 Å². The van der Waals surface area contributed by atoms with Gasteiger partial charge in [-0.25, -0.2) is 9.97 Å². The number of fused-ring (bicyclic) bond motifs is 1. The molecule has 1 saturated heterocycles. The van der Waals surface area contributed by atoms with Crippen molar-refractivity contribution in [2.75, 3.05) is 31.6 Å². The molecule has 1 atom stereocenters. The molecule has 0 amide bonds. The third-order valence-corrected chi connectivity index (χ3v) is 5.43. The Morgan fingerprint density at radius 2 is 1.96 bits per heavy atom. The van der Waals surface area contributed by atoms with E-state index in [0.29, 0.717) is 6.04 Å². The molecule has 0 radical (unpaired) electrons. The Labute approximate surface area is 140 Å². The topological polar surface area (TPSA) is 32.3 Å². The molecule has 1 aliphatic heterocycles. The minimum atomic E-state index is 0.327. The average molecular weight is 324 g/mol. The second-order valence-electron chi connectivity index (χ2n) is 6.16. The second kappa shape index (κ2) is 5.91. The minimum Gasteiger partial charge on any atom is -0.346 e. The number of benzene rings is 1. The van der Waals surface area contributed by atoms with E-state index in [4.69, 9.17) is 0 Å². The lowest BCUT2D eigenvalue weighted by molar-refractivity contribution is 0.268. The van der Waals surface area contributed by atoms with Gasteiger partial charge in [-0.15, -0.1) is 11.3 Å². The van der Waals surface area contributed by atoms with Crippen LogP contribution in [0.5, 0.6) is 0 Å². The summed E-state index contributed by atoms with van der Waals surface area (Å²) in [5, 5.41) is 1.18. The lowest BCUT2D eigenvalue weighted by Gasteiger charge is -2.41. The van der Waals surface area contributed by atoms with Crippen molar-refractivity contribution in [1.29, 1.82) is 0 Å². The van der Waals surface area contributed by atoms with Crippen LogP contribution < -0.4 is 4.90 Å². The van der Waals surface area contributed by atoms with Crippen molar-refractivity contribution in [3.63, 3.8) is 0 Å². The molecule has 23 heavy (non-hydrogen) atoms. The van der Waals surface area contributed by atoms with Crippen molar-refractivity contribution < 1.29 is 0 Å². The van der Waals surface area contributed by atoms with Gasteiger partial charge in [-0.05, 0) is 25.6 Å². The van der Waals surface area contributed by atoms with Crippen LogP contribution in [0, 0.1) is 6.92 Å². The Bertz CT molecular complexity index is 814. The first-order chi connectivity index (χ1) is 11.2. The number of hydrogen-bond donors (Lipinski definition) is 0. The van der Waals surface area contributed by atoms with Crippen LogP contribution >= 0.6 is 11.3 Å². The van der Waals surface area contributed by atoms with Gasteiger partial charge in [0, 0.05) is 24.5 Å². The SMILES string of the molecule is Cc1cc2c(N3CCN(C)CC3c3ccccc3)ncnc2s1. The lowest BCUT2D eigenvalue weighted by atomic mass is 10.0. The molecule has 1 aliphatic rings. The number of likely N-dealkylation sites (N-methyl/N-ethyl adjacent to an activating group) is 1. The van der Waals surface area contributed by atoms with E-state index >= 15 is 0 Å². The zero-order chi connectivity index (χ0) is 15.8. The van der Waals surface area contributed by atoms with Crippen molar-refractivity contribution in [1.82, 2.24) is 14.9 Å². The number of hydrogen-bond acceptors (Lipinski definition) is 5. The van der Waals surface area contributed by atoms with Gasteiger partial charge >= 0.3 is 0 Å². The van der Waals surface area contributed by atoms with E-state index in [1.807, 2.05) is 0 Å². The third-order valence-electron chi connectivity index (χ3n) is 4.47. The van der Waals surface area contributed by atoms with Gasteiger partial charge in [0.2, 0.25) is 0 Å². The molecule has 5 heteroatoms. The molecule has 3 heterocycles. The zero-order valence-electron chi connectivity index (χ0n) is 13.4. The number of anilines is 1. The maximum Gasteiger partial charge on any atom is 0.141 e. The fourth-order valence-electron chi connectivity index (χ4n) is 3.33. The van der Waals surface area contributed by atoms with Crippen LogP contribution in [-0.2, 0) is 0 Å². The van der Waals surface area contributed by atoms with Gasteiger partial charge in [-0.3, -0.25) is 0 Å². The molecular formula is C18H20N4S. The number of aryl methyl sites for hydroxylation is 1. The van der Waals surface area contributed by atoms with E-state index in [-0.39, 0.29) is 0 Å². The first kappa shape index (κ1) is 14.6. The Morgan fingerprint density at radius 1 is 1.13 bits per heavy atom. The summed E-state index contributed by atoms with van der Waals surface area (Å²) < 4.78 is 0. The number of thiophene rings is 1. The van der Waals surface area contributed by atoms with Gasteiger partial charge in [-0.2, -0.15) is 0 Å². The highest BCUT2D eigenvalue weighted by atomic mass is 32.1. The van der Waals surface area contributed by atoms with Crippen LogP contribution in [0.1, 0.15) is 16.5 Å². The lowest BCUT2D eigenvalue weighted by Crippen LogP contribution is -2.47. The molecule has 4 rings (SSSR count). The Balaban J connectivity index is 1.81. The summed E-state index contributed by atoms with van der Waals surface area (Å²) in [7, 11) is 2.19.